The Morgan fingerprint density at radius 2 is 1.85 bits per heavy atom. The quantitative estimate of drug-likeness (QED) is 0.856. The average molecular weight is 271 g/mol. The van der Waals surface area contributed by atoms with Crippen molar-refractivity contribution in [1.82, 2.24) is 19.5 Å². The first kappa shape index (κ1) is 13.1. The molecule has 2 aromatic rings. The van der Waals surface area contributed by atoms with Crippen molar-refractivity contribution in [3.05, 3.63) is 36.7 Å². The van der Waals surface area contributed by atoms with Crippen LogP contribution in [0.2, 0.25) is 0 Å². The highest BCUT2D eigenvalue weighted by atomic mass is 15.2. The third-order valence-electron chi connectivity index (χ3n) is 4.15. The predicted octanol–water partition coefficient (Wildman–Crippen LogP) is 2.29. The molecule has 0 radical (unpaired) electrons. The molecule has 2 aromatic heterocycles. The molecule has 5 heteroatoms. The van der Waals surface area contributed by atoms with E-state index < -0.39 is 0 Å². The van der Waals surface area contributed by atoms with Gasteiger partial charge in [0.1, 0.15) is 5.82 Å². The van der Waals surface area contributed by atoms with Crippen molar-refractivity contribution >= 4 is 5.95 Å². The van der Waals surface area contributed by atoms with E-state index in [9.17, 15) is 0 Å². The van der Waals surface area contributed by atoms with E-state index in [0.717, 1.165) is 37.3 Å². The van der Waals surface area contributed by atoms with Gasteiger partial charge in [-0.15, -0.1) is 0 Å². The topological polar surface area (TPSA) is 46.8 Å². The summed E-state index contributed by atoms with van der Waals surface area (Å²) in [6.07, 6.45) is 11.3. The van der Waals surface area contributed by atoms with Gasteiger partial charge in [0.05, 0.1) is 0 Å². The number of imidazole rings is 1. The Hall–Kier alpha value is -1.91. The second kappa shape index (κ2) is 6.03. The van der Waals surface area contributed by atoms with Crippen molar-refractivity contribution in [3.8, 4) is 0 Å². The zero-order valence-electron chi connectivity index (χ0n) is 11.9. The van der Waals surface area contributed by atoms with Crippen molar-refractivity contribution in [1.29, 1.82) is 0 Å². The molecule has 0 aromatic carbocycles. The maximum absolute atomic E-state index is 4.33. The molecule has 0 bridgehead atoms. The highest BCUT2D eigenvalue weighted by molar-refractivity contribution is 5.28. The molecule has 0 amide bonds. The van der Waals surface area contributed by atoms with Gasteiger partial charge in [0, 0.05) is 44.4 Å². The molecule has 3 rings (SSSR count). The van der Waals surface area contributed by atoms with Gasteiger partial charge in [0.15, 0.2) is 0 Å². The van der Waals surface area contributed by atoms with E-state index in [2.05, 4.69) is 37.5 Å². The molecule has 0 spiro atoms. The van der Waals surface area contributed by atoms with E-state index in [4.69, 9.17) is 0 Å². The monoisotopic (exact) mass is 271 g/mol. The van der Waals surface area contributed by atoms with E-state index in [1.54, 1.807) is 0 Å². The van der Waals surface area contributed by atoms with E-state index in [0.29, 0.717) is 0 Å². The van der Waals surface area contributed by atoms with Crippen LogP contribution in [0.5, 0.6) is 0 Å². The molecule has 3 heterocycles. The van der Waals surface area contributed by atoms with Gasteiger partial charge in [-0.1, -0.05) is 0 Å². The van der Waals surface area contributed by atoms with Crippen molar-refractivity contribution in [2.24, 2.45) is 5.92 Å². The van der Waals surface area contributed by atoms with Gasteiger partial charge < -0.3 is 9.47 Å². The van der Waals surface area contributed by atoms with Gasteiger partial charge >= 0.3 is 0 Å². The normalized spacial score (nSPS) is 16.6. The number of hydrogen-bond donors (Lipinski definition) is 0. The number of nitrogens with zero attached hydrogens (tertiary/aromatic N) is 5. The van der Waals surface area contributed by atoms with E-state index in [-0.39, 0.29) is 0 Å². The smallest absolute Gasteiger partial charge is 0.225 e. The lowest BCUT2D eigenvalue weighted by atomic mass is 9.93. The number of rotatable bonds is 4. The number of aromatic nitrogens is 4. The number of piperidine rings is 1. The number of hydrogen-bond acceptors (Lipinski definition) is 4. The van der Waals surface area contributed by atoms with Crippen LogP contribution in [0.1, 0.15) is 25.1 Å². The lowest BCUT2D eigenvalue weighted by Gasteiger charge is -2.32. The molecule has 20 heavy (non-hydrogen) atoms. The van der Waals surface area contributed by atoms with Crippen molar-refractivity contribution in [2.75, 3.05) is 18.0 Å². The zero-order valence-corrected chi connectivity index (χ0v) is 11.9. The number of anilines is 1. The Balaban J connectivity index is 1.48. The SMILES string of the molecule is Cc1nccn1CCC1CCN(c2ncccn2)CC1. The summed E-state index contributed by atoms with van der Waals surface area (Å²) in [6.45, 7) is 5.28. The second-order valence-corrected chi connectivity index (χ2v) is 5.44. The summed E-state index contributed by atoms with van der Waals surface area (Å²) >= 11 is 0. The van der Waals surface area contributed by atoms with Gasteiger partial charge in [-0.3, -0.25) is 0 Å². The van der Waals surface area contributed by atoms with Crippen LogP contribution < -0.4 is 4.90 Å². The van der Waals surface area contributed by atoms with E-state index in [1.807, 2.05) is 24.7 Å². The van der Waals surface area contributed by atoms with Crippen LogP contribution in [0.3, 0.4) is 0 Å². The fourth-order valence-electron chi connectivity index (χ4n) is 2.84. The summed E-state index contributed by atoms with van der Waals surface area (Å²) in [4.78, 5) is 15.2. The third kappa shape index (κ3) is 2.98. The van der Waals surface area contributed by atoms with Gasteiger partial charge in [0.2, 0.25) is 5.95 Å². The molecule has 0 N–H and O–H groups in total. The maximum atomic E-state index is 4.33. The van der Waals surface area contributed by atoms with E-state index in [1.165, 1.54) is 19.3 Å². The average Bonchev–Trinajstić information content (AvgIpc) is 2.92. The molecule has 0 atom stereocenters. The Morgan fingerprint density at radius 1 is 1.10 bits per heavy atom. The summed E-state index contributed by atoms with van der Waals surface area (Å²) < 4.78 is 2.24. The van der Waals surface area contributed by atoms with Gasteiger partial charge in [0.25, 0.3) is 0 Å². The van der Waals surface area contributed by atoms with Crippen LogP contribution in [0.25, 0.3) is 0 Å². The molecular weight excluding hydrogens is 250 g/mol. The molecule has 5 nitrogen and oxygen atoms in total. The Kier molecular flexibility index (Phi) is 3.95. The lowest BCUT2D eigenvalue weighted by Crippen LogP contribution is -2.35. The highest BCUT2D eigenvalue weighted by Gasteiger charge is 2.20. The molecule has 0 aliphatic carbocycles. The van der Waals surface area contributed by atoms with Gasteiger partial charge in [-0.25, -0.2) is 15.0 Å². The molecule has 0 unspecified atom stereocenters. The fraction of sp³-hybridized carbons (Fsp3) is 0.533. The first-order valence-corrected chi connectivity index (χ1v) is 7.32. The maximum Gasteiger partial charge on any atom is 0.225 e. The molecule has 1 aliphatic rings. The fourth-order valence-corrected chi connectivity index (χ4v) is 2.84. The minimum absolute atomic E-state index is 0.803. The Bertz CT molecular complexity index is 528. The second-order valence-electron chi connectivity index (χ2n) is 5.44. The summed E-state index contributed by atoms with van der Waals surface area (Å²) in [5.74, 6) is 2.79. The summed E-state index contributed by atoms with van der Waals surface area (Å²) in [5, 5.41) is 0. The van der Waals surface area contributed by atoms with Crippen LogP contribution in [0, 0.1) is 12.8 Å². The summed E-state index contributed by atoms with van der Waals surface area (Å²) in [6, 6.07) is 1.86. The van der Waals surface area contributed by atoms with Crippen LogP contribution in [0.15, 0.2) is 30.9 Å². The van der Waals surface area contributed by atoms with Crippen molar-refractivity contribution in [2.45, 2.75) is 32.7 Å². The standard InChI is InChI=1S/C15H21N5/c1-13-16-8-12-19(13)9-3-14-4-10-20(11-5-14)15-17-6-2-7-18-15/h2,6-8,12,14H,3-5,9-11H2,1H3. The summed E-state index contributed by atoms with van der Waals surface area (Å²) in [5.41, 5.74) is 0. The van der Waals surface area contributed by atoms with Crippen LogP contribution in [-0.2, 0) is 6.54 Å². The molecule has 106 valence electrons. The first-order chi connectivity index (χ1) is 9.83. The molecule has 1 saturated heterocycles. The zero-order chi connectivity index (χ0) is 13.8. The van der Waals surface area contributed by atoms with Crippen molar-refractivity contribution in [3.63, 3.8) is 0 Å². The first-order valence-electron chi connectivity index (χ1n) is 7.32. The minimum Gasteiger partial charge on any atom is -0.341 e. The predicted molar refractivity (Wildman–Crippen MR) is 78.6 cm³/mol. The van der Waals surface area contributed by atoms with Gasteiger partial charge in [-0.2, -0.15) is 0 Å². The minimum atomic E-state index is 0.803. The molecule has 0 saturated carbocycles. The molecule has 1 fully saturated rings. The van der Waals surface area contributed by atoms with Crippen LogP contribution >= 0.6 is 0 Å². The van der Waals surface area contributed by atoms with E-state index >= 15 is 0 Å². The summed E-state index contributed by atoms with van der Waals surface area (Å²) in [7, 11) is 0. The van der Waals surface area contributed by atoms with Crippen LogP contribution in [0.4, 0.5) is 5.95 Å². The molecular formula is C15H21N5. The number of aryl methyl sites for hydroxylation is 2. The highest BCUT2D eigenvalue weighted by Crippen LogP contribution is 2.23. The van der Waals surface area contributed by atoms with Crippen molar-refractivity contribution < 1.29 is 0 Å². The van der Waals surface area contributed by atoms with Crippen LogP contribution in [-0.4, -0.2) is 32.6 Å². The Labute approximate surface area is 119 Å². The lowest BCUT2D eigenvalue weighted by molar-refractivity contribution is 0.358. The largest absolute Gasteiger partial charge is 0.341 e. The van der Waals surface area contributed by atoms with Gasteiger partial charge in [-0.05, 0) is 38.2 Å². The Morgan fingerprint density at radius 3 is 2.50 bits per heavy atom. The third-order valence-corrected chi connectivity index (χ3v) is 4.15. The molecule has 1 aliphatic heterocycles.